The highest BCUT2D eigenvalue weighted by atomic mass is 35.5. The summed E-state index contributed by atoms with van der Waals surface area (Å²) in [5, 5.41) is 0.627. The van der Waals surface area contributed by atoms with Crippen molar-refractivity contribution in [3.05, 3.63) is 76.3 Å². The lowest BCUT2D eigenvalue weighted by atomic mass is 9.63. The number of carbonyl (C=O) groups excluding carboxylic acids is 3. The fraction of sp³-hybridized carbons (Fsp3) is 0.370. The molecule has 6 aliphatic rings. The molecule has 2 bridgehead atoms. The summed E-state index contributed by atoms with van der Waals surface area (Å²) in [6.07, 6.45) is 4.68. The van der Waals surface area contributed by atoms with Gasteiger partial charge in [0.2, 0.25) is 11.8 Å². The van der Waals surface area contributed by atoms with E-state index < -0.39 is 6.10 Å². The van der Waals surface area contributed by atoms with Crippen LogP contribution in [0.15, 0.2) is 54.6 Å². The van der Waals surface area contributed by atoms with Crippen LogP contribution in [0.1, 0.15) is 34.0 Å². The highest BCUT2D eigenvalue weighted by Crippen LogP contribution is 2.65. The third-order valence-corrected chi connectivity index (χ3v) is 8.76. The summed E-state index contributed by atoms with van der Waals surface area (Å²) in [5.41, 5.74) is 2.90. The van der Waals surface area contributed by atoms with Gasteiger partial charge in [0, 0.05) is 10.6 Å². The second-order valence-electron chi connectivity index (χ2n) is 10.1. The van der Waals surface area contributed by atoms with E-state index in [9.17, 15) is 14.4 Å². The molecule has 2 aromatic carbocycles. The van der Waals surface area contributed by atoms with Crippen molar-refractivity contribution >= 4 is 34.9 Å². The van der Waals surface area contributed by atoms with Crippen LogP contribution >= 0.6 is 11.6 Å². The average molecular weight is 460 g/mol. The van der Waals surface area contributed by atoms with E-state index in [-0.39, 0.29) is 47.4 Å². The topological polar surface area (TPSA) is 67.0 Å². The molecule has 0 spiro atoms. The van der Waals surface area contributed by atoms with Crippen LogP contribution in [0.4, 0.5) is 5.69 Å². The van der Waals surface area contributed by atoms with E-state index in [0.717, 1.165) is 17.5 Å². The number of allylic oxidation sites excluding steroid dienone is 2. The third kappa shape index (κ3) is 2.72. The molecule has 4 fully saturated rings. The average Bonchev–Trinajstić information content (AvgIpc) is 3.74. The van der Waals surface area contributed by atoms with Gasteiger partial charge in [-0.1, -0.05) is 35.9 Å². The van der Waals surface area contributed by atoms with Gasteiger partial charge in [-0.25, -0.2) is 0 Å². The van der Waals surface area contributed by atoms with Gasteiger partial charge in [0.25, 0.3) is 0 Å². The number of nitrogens with zero attached hydrogens (tertiary/aromatic N) is 1. The Kier molecular flexibility index (Phi) is 3.96. The number of imide groups is 1. The summed E-state index contributed by atoms with van der Waals surface area (Å²) >= 11 is 6.06. The van der Waals surface area contributed by atoms with Crippen LogP contribution in [0.5, 0.6) is 0 Å². The number of epoxide rings is 1. The first-order chi connectivity index (χ1) is 15.9. The van der Waals surface area contributed by atoms with E-state index in [1.807, 2.05) is 19.1 Å². The lowest BCUT2D eigenvalue weighted by Crippen LogP contribution is -2.40. The Morgan fingerprint density at radius 1 is 0.970 bits per heavy atom. The molecular weight excluding hydrogens is 438 g/mol. The number of hydrogen-bond acceptors (Lipinski definition) is 4. The number of ether oxygens (including phenoxy) is 1. The number of aryl methyl sites for hydroxylation is 1. The van der Waals surface area contributed by atoms with Crippen molar-refractivity contribution < 1.29 is 19.1 Å². The van der Waals surface area contributed by atoms with Crippen LogP contribution in [0.25, 0.3) is 0 Å². The predicted octanol–water partition coefficient (Wildman–Crippen LogP) is 4.53. The smallest absolute Gasteiger partial charge is 0.238 e. The number of rotatable bonds is 4. The molecule has 8 atom stereocenters. The number of amides is 2. The highest BCUT2D eigenvalue weighted by Gasteiger charge is 2.67. The number of Topliss-reactive ketones (excluding diaryl/α,β-unsaturated/α-hetero) is 1. The van der Waals surface area contributed by atoms with Gasteiger partial charge in [-0.05, 0) is 78.5 Å². The SMILES string of the molecule is Cc1cc(C(=O)C2OC2c2ccc(N3C(=O)C4C5C=CC(C6CC56)C4C3=O)cc2)ccc1Cl. The van der Waals surface area contributed by atoms with Crippen LogP contribution in [-0.2, 0) is 14.3 Å². The molecule has 166 valence electrons. The number of anilines is 1. The van der Waals surface area contributed by atoms with E-state index >= 15 is 0 Å². The Labute approximate surface area is 196 Å². The maximum atomic E-state index is 13.3. The van der Waals surface area contributed by atoms with Crippen molar-refractivity contribution in [1.29, 1.82) is 0 Å². The maximum absolute atomic E-state index is 13.3. The van der Waals surface area contributed by atoms with Gasteiger partial charge in [-0.2, -0.15) is 0 Å². The second-order valence-corrected chi connectivity index (χ2v) is 10.5. The Morgan fingerprint density at radius 2 is 1.61 bits per heavy atom. The molecule has 0 N–H and O–H groups in total. The Morgan fingerprint density at radius 3 is 2.21 bits per heavy atom. The minimum Gasteiger partial charge on any atom is -0.356 e. The van der Waals surface area contributed by atoms with Crippen molar-refractivity contribution in [3.63, 3.8) is 0 Å². The van der Waals surface area contributed by atoms with Gasteiger partial charge in [0.1, 0.15) is 6.10 Å². The zero-order valence-electron chi connectivity index (χ0n) is 18.0. The summed E-state index contributed by atoms with van der Waals surface area (Å²) in [7, 11) is 0. The zero-order valence-corrected chi connectivity index (χ0v) is 18.7. The standard InChI is InChI=1S/C27H22ClNO4/c1-12-10-14(4-9-20(12)28)23(30)25-24(33-25)13-2-5-15(6-3-13)29-26(31)21-16-7-8-17(19-11-18(16)19)22(21)27(29)32/h2-10,16-19,21-22,24-25H,11H2,1H3. The summed E-state index contributed by atoms with van der Waals surface area (Å²) in [5.74, 6) is 1.02. The Hall–Kier alpha value is -2.76. The summed E-state index contributed by atoms with van der Waals surface area (Å²) in [6, 6.07) is 12.5. The molecule has 2 aromatic rings. The molecule has 33 heavy (non-hydrogen) atoms. The predicted molar refractivity (Wildman–Crippen MR) is 122 cm³/mol. The minimum atomic E-state index is -0.525. The van der Waals surface area contributed by atoms with Crippen molar-refractivity contribution in [2.24, 2.45) is 35.5 Å². The fourth-order valence-corrected chi connectivity index (χ4v) is 6.67. The first-order valence-corrected chi connectivity index (χ1v) is 11.9. The van der Waals surface area contributed by atoms with E-state index in [1.165, 1.54) is 4.90 Å². The lowest BCUT2D eigenvalue weighted by Gasteiger charge is -2.37. The molecule has 0 aromatic heterocycles. The molecular formula is C27H22ClNO4. The summed E-state index contributed by atoms with van der Waals surface area (Å²) in [6.45, 7) is 1.87. The third-order valence-electron chi connectivity index (χ3n) is 8.34. The quantitative estimate of drug-likeness (QED) is 0.291. The largest absolute Gasteiger partial charge is 0.356 e. The lowest BCUT2D eigenvalue weighted by molar-refractivity contribution is -0.124. The molecule has 0 radical (unpaired) electrons. The monoisotopic (exact) mass is 459 g/mol. The molecule has 8 rings (SSSR count). The normalized spacial score (nSPS) is 37.2. The van der Waals surface area contributed by atoms with Crippen molar-refractivity contribution in [3.8, 4) is 0 Å². The zero-order chi connectivity index (χ0) is 22.6. The highest BCUT2D eigenvalue weighted by molar-refractivity contribution is 6.31. The van der Waals surface area contributed by atoms with E-state index in [2.05, 4.69) is 12.2 Å². The molecule has 4 aliphatic carbocycles. The molecule has 2 aliphatic heterocycles. The van der Waals surface area contributed by atoms with Crippen LogP contribution < -0.4 is 4.90 Å². The van der Waals surface area contributed by atoms with Crippen molar-refractivity contribution in [2.75, 3.05) is 4.90 Å². The number of carbonyl (C=O) groups is 3. The molecule has 5 nitrogen and oxygen atoms in total. The van der Waals surface area contributed by atoms with Crippen LogP contribution in [-0.4, -0.2) is 23.7 Å². The van der Waals surface area contributed by atoms with Gasteiger partial charge >= 0.3 is 0 Å². The molecule has 2 heterocycles. The van der Waals surface area contributed by atoms with Gasteiger partial charge < -0.3 is 4.74 Å². The first kappa shape index (κ1) is 19.7. The maximum Gasteiger partial charge on any atom is 0.238 e. The minimum absolute atomic E-state index is 0.0590. The number of hydrogen-bond donors (Lipinski definition) is 0. The molecule has 8 unspecified atom stereocenters. The summed E-state index contributed by atoms with van der Waals surface area (Å²) in [4.78, 5) is 40.7. The van der Waals surface area contributed by atoms with Crippen LogP contribution in [0.3, 0.4) is 0 Å². The van der Waals surface area contributed by atoms with Gasteiger partial charge in [0.15, 0.2) is 11.9 Å². The molecule has 2 saturated heterocycles. The van der Waals surface area contributed by atoms with Gasteiger partial charge in [-0.15, -0.1) is 0 Å². The van der Waals surface area contributed by atoms with Crippen LogP contribution in [0.2, 0.25) is 5.02 Å². The molecule has 2 amide bonds. The van der Waals surface area contributed by atoms with Gasteiger partial charge in [0.05, 0.1) is 17.5 Å². The fourth-order valence-electron chi connectivity index (χ4n) is 6.55. The second kappa shape index (κ2) is 6.64. The van der Waals surface area contributed by atoms with E-state index in [0.29, 0.717) is 28.1 Å². The number of ketones is 1. The number of benzene rings is 2. The van der Waals surface area contributed by atoms with Crippen LogP contribution in [0, 0.1) is 42.4 Å². The van der Waals surface area contributed by atoms with Gasteiger partial charge in [-0.3, -0.25) is 19.3 Å². The summed E-state index contributed by atoms with van der Waals surface area (Å²) < 4.78 is 5.69. The van der Waals surface area contributed by atoms with Crippen molar-refractivity contribution in [2.45, 2.75) is 25.6 Å². The van der Waals surface area contributed by atoms with E-state index in [1.54, 1.807) is 30.3 Å². The van der Waals surface area contributed by atoms with E-state index in [4.69, 9.17) is 16.3 Å². The first-order valence-electron chi connectivity index (χ1n) is 11.6. The van der Waals surface area contributed by atoms with Crippen molar-refractivity contribution in [1.82, 2.24) is 0 Å². The Balaban J connectivity index is 1.09. The Bertz CT molecular complexity index is 1230. The number of halogens is 1. The molecule has 6 heteroatoms. The molecule has 2 saturated carbocycles.